The fourth-order valence-corrected chi connectivity index (χ4v) is 4.41. The van der Waals surface area contributed by atoms with Crippen molar-refractivity contribution >= 4 is 16.1 Å². The number of rotatable bonds is 6. The Kier molecular flexibility index (Phi) is 6.82. The zero-order chi connectivity index (χ0) is 19.5. The molecule has 146 valence electrons. The van der Waals surface area contributed by atoms with Crippen LogP contribution in [0.2, 0.25) is 0 Å². The summed E-state index contributed by atoms with van der Waals surface area (Å²) in [6.07, 6.45) is 1.94. The molecule has 0 radical (unpaired) electrons. The van der Waals surface area contributed by atoms with Crippen molar-refractivity contribution in [1.29, 1.82) is 0 Å². The van der Waals surface area contributed by atoms with E-state index in [1.165, 1.54) is 33.8 Å². The number of nitrogens with zero attached hydrogens (tertiary/aromatic N) is 2. The standard InChI is InChI=1S/C19H31N3O3S/c1-6-18(17-8-7-14(2)15(3)13-17)20-19(23)16-9-11-22(12-10-16)26(24,25)21(4)5/h7-8,13,16,18H,6,9-12H2,1-5H3,(H,20,23)/t18-/m0/s1. The summed E-state index contributed by atoms with van der Waals surface area (Å²) in [5.41, 5.74) is 3.58. The maximum absolute atomic E-state index is 12.7. The smallest absolute Gasteiger partial charge is 0.281 e. The number of carbonyl (C=O) groups excluding carboxylic acids is 1. The molecule has 1 fully saturated rings. The molecule has 0 saturated carbocycles. The molecule has 1 N–H and O–H groups in total. The number of amides is 1. The van der Waals surface area contributed by atoms with Gasteiger partial charge in [0.05, 0.1) is 6.04 Å². The van der Waals surface area contributed by atoms with Crippen LogP contribution in [-0.2, 0) is 15.0 Å². The molecule has 1 aliphatic heterocycles. The zero-order valence-electron chi connectivity index (χ0n) is 16.4. The number of piperidine rings is 1. The van der Waals surface area contributed by atoms with Crippen LogP contribution in [0.1, 0.15) is 48.9 Å². The number of aryl methyl sites for hydroxylation is 2. The highest BCUT2D eigenvalue weighted by atomic mass is 32.2. The van der Waals surface area contributed by atoms with E-state index in [4.69, 9.17) is 0 Å². The second-order valence-electron chi connectivity index (χ2n) is 7.28. The van der Waals surface area contributed by atoms with Crippen LogP contribution in [0, 0.1) is 19.8 Å². The average molecular weight is 382 g/mol. The number of benzene rings is 1. The van der Waals surface area contributed by atoms with Gasteiger partial charge in [0.1, 0.15) is 0 Å². The first-order valence-electron chi connectivity index (χ1n) is 9.22. The molecule has 1 atom stereocenters. The van der Waals surface area contributed by atoms with E-state index in [0.717, 1.165) is 12.0 Å². The second-order valence-corrected chi connectivity index (χ2v) is 9.42. The van der Waals surface area contributed by atoms with Crippen LogP contribution in [0.15, 0.2) is 18.2 Å². The minimum absolute atomic E-state index is 0.00895. The Morgan fingerprint density at radius 2 is 1.85 bits per heavy atom. The first-order chi connectivity index (χ1) is 12.2. The maximum Gasteiger partial charge on any atom is 0.281 e. The minimum atomic E-state index is -3.39. The van der Waals surface area contributed by atoms with Gasteiger partial charge in [-0.15, -0.1) is 0 Å². The van der Waals surface area contributed by atoms with E-state index in [-0.39, 0.29) is 17.9 Å². The van der Waals surface area contributed by atoms with Gasteiger partial charge in [-0.1, -0.05) is 25.1 Å². The van der Waals surface area contributed by atoms with Crippen molar-refractivity contribution in [2.75, 3.05) is 27.2 Å². The molecule has 0 aliphatic carbocycles. The fraction of sp³-hybridized carbons (Fsp3) is 0.632. The molecule has 1 aliphatic rings. The SMILES string of the molecule is CC[C@H](NC(=O)C1CCN(S(=O)(=O)N(C)C)CC1)c1ccc(C)c(C)c1. The van der Waals surface area contributed by atoms with E-state index in [1.807, 2.05) is 0 Å². The molecule has 2 rings (SSSR count). The van der Waals surface area contributed by atoms with Gasteiger partial charge in [0, 0.05) is 33.1 Å². The highest BCUT2D eigenvalue weighted by molar-refractivity contribution is 7.86. The van der Waals surface area contributed by atoms with E-state index < -0.39 is 10.2 Å². The van der Waals surface area contributed by atoms with Gasteiger partial charge in [-0.25, -0.2) is 0 Å². The van der Waals surface area contributed by atoms with Gasteiger partial charge in [0.2, 0.25) is 5.91 Å². The number of nitrogens with one attached hydrogen (secondary N) is 1. The molecule has 1 heterocycles. The highest BCUT2D eigenvalue weighted by Gasteiger charge is 2.32. The van der Waals surface area contributed by atoms with Crippen LogP contribution >= 0.6 is 0 Å². The van der Waals surface area contributed by atoms with Crippen molar-refractivity contribution in [2.45, 2.75) is 46.1 Å². The van der Waals surface area contributed by atoms with Crippen molar-refractivity contribution < 1.29 is 13.2 Å². The Balaban J connectivity index is 1.98. The predicted octanol–water partition coefficient (Wildman–Crippen LogP) is 2.39. The normalized spacial score (nSPS) is 18.1. The van der Waals surface area contributed by atoms with E-state index in [0.29, 0.717) is 25.9 Å². The topological polar surface area (TPSA) is 69.7 Å². The summed E-state index contributed by atoms with van der Waals surface area (Å²) in [7, 11) is -0.331. The van der Waals surface area contributed by atoms with Crippen LogP contribution in [0.5, 0.6) is 0 Å². The molecule has 26 heavy (non-hydrogen) atoms. The molecule has 0 bridgehead atoms. The van der Waals surface area contributed by atoms with E-state index in [9.17, 15) is 13.2 Å². The van der Waals surface area contributed by atoms with Gasteiger partial charge in [0.15, 0.2) is 0 Å². The van der Waals surface area contributed by atoms with Gasteiger partial charge in [-0.05, 0) is 49.8 Å². The third-order valence-corrected chi connectivity index (χ3v) is 7.21. The van der Waals surface area contributed by atoms with Crippen LogP contribution in [-0.4, -0.2) is 50.1 Å². The molecule has 1 amide bonds. The van der Waals surface area contributed by atoms with Crippen molar-refractivity contribution in [1.82, 2.24) is 13.9 Å². The number of hydrogen-bond donors (Lipinski definition) is 1. The Morgan fingerprint density at radius 1 is 1.23 bits per heavy atom. The van der Waals surface area contributed by atoms with Crippen LogP contribution in [0.4, 0.5) is 0 Å². The van der Waals surface area contributed by atoms with E-state index >= 15 is 0 Å². The Hall–Kier alpha value is -1.44. The lowest BCUT2D eigenvalue weighted by molar-refractivity contribution is -0.126. The van der Waals surface area contributed by atoms with Crippen molar-refractivity contribution in [3.05, 3.63) is 34.9 Å². The monoisotopic (exact) mass is 381 g/mol. The summed E-state index contributed by atoms with van der Waals surface area (Å²) in [6, 6.07) is 6.29. The lowest BCUT2D eigenvalue weighted by atomic mass is 9.95. The Bertz CT molecular complexity index is 738. The third kappa shape index (κ3) is 4.64. The van der Waals surface area contributed by atoms with Gasteiger partial charge >= 0.3 is 0 Å². The van der Waals surface area contributed by atoms with Crippen molar-refractivity contribution in [3.63, 3.8) is 0 Å². The van der Waals surface area contributed by atoms with Gasteiger partial charge < -0.3 is 5.32 Å². The maximum atomic E-state index is 12.7. The van der Waals surface area contributed by atoms with Gasteiger partial charge in [-0.3, -0.25) is 4.79 Å². The summed E-state index contributed by atoms with van der Waals surface area (Å²) < 4.78 is 27.0. The van der Waals surface area contributed by atoms with Crippen molar-refractivity contribution in [2.24, 2.45) is 5.92 Å². The lowest BCUT2D eigenvalue weighted by Gasteiger charge is -2.32. The summed E-state index contributed by atoms with van der Waals surface area (Å²) in [6.45, 7) is 6.99. The van der Waals surface area contributed by atoms with E-state index in [1.54, 1.807) is 0 Å². The summed E-state index contributed by atoms with van der Waals surface area (Å²) in [5.74, 6) is -0.110. The molecular weight excluding hydrogens is 350 g/mol. The molecule has 0 spiro atoms. The average Bonchev–Trinajstić information content (AvgIpc) is 2.61. The van der Waals surface area contributed by atoms with Crippen LogP contribution in [0.3, 0.4) is 0 Å². The second kappa shape index (κ2) is 8.50. The van der Waals surface area contributed by atoms with Gasteiger partial charge in [-0.2, -0.15) is 17.0 Å². The molecule has 7 heteroatoms. The summed E-state index contributed by atoms with van der Waals surface area (Å²) >= 11 is 0. The molecule has 1 saturated heterocycles. The van der Waals surface area contributed by atoms with Gasteiger partial charge in [0.25, 0.3) is 10.2 Å². The zero-order valence-corrected chi connectivity index (χ0v) is 17.3. The predicted molar refractivity (Wildman–Crippen MR) is 104 cm³/mol. The van der Waals surface area contributed by atoms with Crippen LogP contribution < -0.4 is 5.32 Å². The quantitative estimate of drug-likeness (QED) is 0.823. The third-order valence-electron chi connectivity index (χ3n) is 5.27. The molecule has 1 aromatic carbocycles. The largest absolute Gasteiger partial charge is 0.349 e. The molecule has 0 unspecified atom stereocenters. The molecule has 0 aromatic heterocycles. The summed E-state index contributed by atoms with van der Waals surface area (Å²) in [4.78, 5) is 12.7. The van der Waals surface area contributed by atoms with Crippen LogP contribution in [0.25, 0.3) is 0 Å². The summed E-state index contributed by atoms with van der Waals surface area (Å²) in [5, 5.41) is 3.16. The Morgan fingerprint density at radius 3 is 2.35 bits per heavy atom. The number of hydrogen-bond acceptors (Lipinski definition) is 3. The highest BCUT2D eigenvalue weighted by Crippen LogP contribution is 2.24. The first kappa shape index (κ1) is 20.9. The minimum Gasteiger partial charge on any atom is -0.349 e. The molecular formula is C19H31N3O3S. The number of carbonyl (C=O) groups is 1. The Labute approximate surface area is 157 Å². The lowest BCUT2D eigenvalue weighted by Crippen LogP contribution is -2.47. The van der Waals surface area contributed by atoms with E-state index in [2.05, 4.69) is 44.3 Å². The molecule has 6 nitrogen and oxygen atoms in total. The first-order valence-corrected chi connectivity index (χ1v) is 10.6. The molecule has 1 aromatic rings. The fourth-order valence-electron chi connectivity index (χ4n) is 3.27. The van der Waals surface area contributed by atoms with Crippen molar-refractivity contribution in [3.8, 4) is 0 Å².